The molecule has 0 saturated heterocycles. The number of carbonyl (C=O) groups is 1. The van der Waals surface area contributed by atoms with E-state index in [0.29, 0.717) is 42.9 Å². The molecular formula is C24H23NO4. The van der Waals surface area contributed by atoms with E-state index in [1.807, 2.05) is 54.6 Å². The molecule has 2 aromatic rings. The van der Waals surface area contributed by atoms with Gasteiger partial charge in [0.25, 0.3) is 0 Å². The fourth-order valence-corrected chi connectivity index (χ4v) is 4.65. The summed E-state index contributed by atoms with van der Waals surface area (Å²) in [5.74, 6) is 0.738. The number of benzene rings is 2. The van der Waals surface area contributed by atoms with Crippen LogP contribution in [0.2, 0.25) is 0 Å². The van der Waals surface area contributed by atoms with Crippen molar-refractivity contribution in [1.29, 1.82) is 5.26 Å². The van der Waals surface area contributed by atoms with Crippen LogP contribution < -0.4 is 9.47 Å². The van der Waals surface area contributed by atoms with E-state index in [0.717, 1.165) is 11.1 Å². The fourth-order valence-electron chi connectivity index (χ4n) is 4.65. The van der Waals surface area contributed by atoms with E-state index in [-0.39, 0.29) is 11.8 Å². The van der Waals surface area contributed by atoms with Crippen molar-refractivity contribution in [2.24, 2.45) is 11.8 Å². The second-order valence-electron chi connectivity index (χ2n) is 7.87. The molecule has 1 saturated carbocycles. The summed E-state index contributed by atoms with van der Waals surface area (Å²) in [5, 5.41) is 19.3. The minimum Gasteiger partial charge on any atom is -0.493 e. The number of carboxylic acids is 1. The largest absolute Gasteiger partial charge is 0.493 e. The van der Waals surface area contributed by atoms with E-state index in [1.54, 1.807) is 7.11 Å². The molecule has 3 atom stereocenters. The second kappa shape index (κ2) is 7.63. The summed E-state index contributed by atoms with van der Waals surface area (Å²) >= 11 is 0. The number of nitrogens with zero attached hydrogens (tertiary/aromatic N) is 1. The van der Waals surface area contributed by atoms with Gasteiger partial charge in [-0.1, -0.05) is 42.5 Å². The third-order valence-electron chi connectivity index (χ3n) is 6.14. The van der Waals surface area contributed by atoms with Crippen molar-refractivity contribution in [2.45, 2.75) is 31.3 Å². The van der Waals surface area contributed by atoms with Gasteiger partial charge in [-0.3, -0.25) is 0 Å². The Bertz CT molecular complexity index is 992. The maximum Gasteiger partial charge on any atom is 0.331 e. The van der Waals surface area contributed by atoms with E-state index in [4.69, 9.17) is 9.47 Å². The van der Waals surface area contributed by atoms with Crippen LogP contribution >= 0.6 is 0 Å². The summed E-state index contributed by atoms with van der Waals surface area (Å²) in [5.41, 5.74) is 1.81. The van der Waals surface area contributed by atoms with Crippen molar-refractivity contribution in [1.82, 2.24) is 0 Å². The Hall–Kier alpha value is -3.26. The maximum absolute atomic E-state index is 11.3. The monoisotopic (exact) mass is 389 g/mol. The summed E-state index contributed by atoms with van der Waals surface area (Å²) in [6.07, 6.45) is 3.68. The highest BCUT2D eigenvalue weighted by Gasteiger charge is 2.49. The number of hydrogen-bond donors (Lipinski definition) is 1. The number of methoxy groups -OCH3 is 1. The molecule has 1 N–H and O–H groups in total. The standard InChI is InChI=1S/C24H23NO4/c1-28-21-8-7-20(11-22(21)29-14-16-5-3-2-4-6-16)24(15-25)12-18-9-17(23(26)27)10-19(18)13-24/h2-9,11,18-19H,10,12-14H2,1H3,(H,26,27)/t18-,19+,24-/m0/s1. The molecule has 29 heavy (non-hydrogen) atoms. The molecule has 5 nitrogen and oxygen atoms in total. The molecule has 0 aliphatic heterocycles. The Labute approximate surface area is 170 Å². The normalized spacial score (nSPS) is 25.0. The van der Waals surface area contributed by atoms with Gasteiger partial charge in [0, 0.05) is 5.57 Å². The molecule has 2 aliphatic rings. The van der Waals surface area contributed by atoms with Crippen LogP contribution in [0, 0.1) is 23.2 Å². The Kier molecular flexibility index (Phi) is 5.02. The molecule has 148 valence electrons. The number of hydrogen-bond acceptors (Lipinski definition) is 4. The average molecular weight is 389 g/mol. The number of allylic oxidation sites excluding steroid dienone is 1. The Morgan fingerprint density at radius 1 is 1.21 bits per heavy atom. The van der Waals surface area contributed by atoms with Crippen LogP contribution in [0.15, 0.2) is 60.2 Å². The molecule has 2 aromatic carbocycles. The van der Waals surface area contributed by atoms with Gasteiger partial charge in [-0.05, 0) is 54.4 Å². The zero-order valence-corrected chi connectivity index (χ0v) is 16.3. The predicted molar refractivity (Wildman–Crippen MR) is 108 cm³/mol. The molecular weight excluding hydrogens is 366 g/mol. The molecule has 0 bridgehead atoms. The SMILES string of the molecule is COc1ccc([C@]2(C#N)C[C@H]3CC(C(=O)O)=C[C@H]3C2)cc1OCc1ccccc1. The van der Waals surface area contributed by atoms with E-state index in [9.17, 15) is 15.2 Å². The lowest BCUT2D eigenvalue weighted by Crippen LogP contribution is -2.21. The molecule has 0 spiro atoms. The molecule has 1 fully saturated rings. The van der Waals surface area contributed by atoms with Gasteiger partial charge in [0.1, 0.15) is 6.61 Å². The van der Waals surface area contributed by atoms with E-state index < -0.39 is 11.4 Å². The number of carboxylic acid groups (broad SMARTS) is 1. The molecule has 0 unspecified atom stereocenters. The van der Waals surface area contributed by atoms with Crippen molar-refractivity contribution in [3.05, 3.63) is 71.3 Å². The van der Waals surface area contributed by atoms with Gasteiger partial charge >= 0.3 is 5.97 Å². The van der Waals surface area contributed by atoms with Gasteiger partial charge in [0.2, 0.25) is 0 Å². The first-order valence-corrected chi connectivity index (χ1v) is 9.75. The first-order chi connectivity index (χ1) is 14.0. The Morgan fingerprint density at radius 3 is 2.66 bits per heavy atom. The molecule has 4 rings (SSSR count). The number of ether oxygens (including phenoxy) is 2. The highest BCUT2D eigenvalue weighted by molar-refractivity contribution is 5.87. The van der Waals surface area contributed by atoms with Crippen molar-refractivity contribution in [2.75, 3.05) is 7.11 Å². The lowest BCUT2D eigenvalue weighted by molar-refractivity contribution is -0.132. The molecule has 2 aliphatic carbocycles. The lowest BCUT2D eigenvalue weighted by atomic mass is 9.78. The Balaban J connectivity index is 1.59. The second-order valence-corrected chi connectivity index (χ2v) is 7.87. The zero-order valence-electron chi connectivity index (χ0n) is 16.3. The van der Waals surface area contributed by atoms with Gasteiger partial charge < -0.3 is 14.6 Å². The quantitative estimate of drug-likeness (QED) is 0.788. The zero-order chi connectivity index (χ0) is 20.4. The van der Waals surface area contributed by atoms with E-state index in [2.05, 4.69) is 6.07 Å². The van der Waals surface area contributed by atoms with Gasteiger partial charge in [-0.2, -0.15) is 5.26 Å². The van der Waals surface area contributed by atoms with Crippen LogP contribution in [0.4, 0.5) is 0 Å². The minimum atomic E-state index is -0.844. The van der Waals surface area contributed by atoms with Crippen LogP contribution in [-0.4, -0.2) is 18.2 Å². The topological polar surface area (TPSA) is 79.5 Å². The summed E-state index contributed by atoms with van der Waals surface area (Å²) in [6.45, 7) is 0.413. The van der Waals surface area contributed by atoms with Gasteiger partial charge in [-0.25, -0.2) is 4.79 Å². The van der Waals surface area contributed by atoms with Crippen molar-refractivity contribution >= 4 is 5.97 Å². The number of rotatable bonds is 6. The number of aliphatic carboxylic acids is 1. The first kappa shape index (κ1) is 19.1. The van der Waals surface area contributed by atoms with Crippen LogP contribution in [-0.2, 0) is 16.8 Å². The third kappa shape index (κ3) is 3.58. The van der Waals surface area contributed by atoms with E-state index in [1.165, 1.54) is 0 Å². The fraction of sp³-hybridized carbons (Fsp3) is 0.333. The van der Waals surface area contributed by atoms with Crippen LogP contribution in [0.5, 0.6) is 11.5 Å². The summed E-state index contributed by atoms with van der Waals surface area (Å²) in [7, 11) is 1.60. The predicted octanol–water partition coefficient (Wildman–Crippen LogP) is 4.48. The summed E-state index contributed by atoms with van der Waals surface area (Å²) < 4.78 is 11.5. The third-order valence-corrected chi connectivity index (χ3v) is 6.14. The highest BCUT2D eigenvalue weighted by Crippen LogP contribution is 2.53. The minimum absolute atomic E-state index is 0.136. The smallest absolute Gasteiger partial charge is 0.331 e. The summed E-state index contributed by atoms with van der Waals surface area (Å²) in [4.78, 5) is 11.3. The summed E-state index contributed by atoms with van der Waals surface area (Å²) in [6, 6.07) is 18.1. The van der Waals surface area contributed by atoms with Gasteiger partial charge in [0.15, 0.2) is 11.5 Å². The van der Waals surface area contributed by atoms with Crippen molar-refractivity contribution in [3.63, 3.8) is 0 Å². The highest BCUT2D eigenvalue weighted by atomic mass is 16.5. The lowest BCUT2D eigenvalue weighted by Gasteiger charge is -2.24. The van der Waals surface area contributed by atoms with Gasteiger partial charge in [0.05, 0.1) is 18.6 Å². The molecule has 0 aromatic heterocycles. The average Bonchev–Trinajstić information content (AvgIpc) is 3.30. The Morgan fingerprint density at radius 2 is 2.00 bits per heavy atom. The molecule has 0 amide bonds. The van der Waals surface area contributed by atoms with Crippen LogP contribution in [0.3, 0.4) is 0 Å². The maximum atomic E-state index is 11.3. The van der Waals surface area contributed by atoms with Crippen molar-refractivity contribution in [3.8, 4) is 17.6 Å². The van der Waals surface area contributed by atoms with Crippen LogP contribution in [0.1, 0.15) is 30.4 Å². The van der Waals surface area contributed by atoms with Crippen molar-refractivity contribution < 1.29 is 19.4 Å². The molecule has 0 heterocycles. The number of nitriles is 1. The molecule has 0 radical (unpaired) electrons. The first-order valence-electron chi connectivity index (χ1n) is 9.75. The van der Waals surface area contributed by atoms with E-state index >= 15 is 0 Å². The molecule has 5 heteroatoms. The van der Waals surface area contributed by atoms with Crippen LogP contribution in [0.25, 0.3) is 0 Å². The van der Waals surface area contributed by atoms with Gasteiger partial charge in [-0.15, -0.1) is 0 Å². The number of fused-ring (bicyclic) bond motifs is 1.